The van der Waals surface area contributed by atoms with Crippen LogP contribution >= 0.6 is 0 Å². The predicted molar refractivity (Wildman–Crippen MR) is 142 cm³/mol. The summed E-state index contributed by atoms with van der Waals surface area (Å²) in [6, 6.07) is 10.6. The van der Waals surface area contributed by atoms with Gasteiger partial charge in [0.05, 0.1) is 6.10 Å². The van der Waals surface area contributed by atoms with Crippen LogP contribution in [0, 0.1) is 6.92 Å². The topological polar surface area (TPSA) is 118 Å². The SMILES string of the molecule is CN1CCC(NC=O)CC1.Cc1ccc(Nc2ncc3cccc(OC4CCC(N)CC4)c3n2)nc1. The van der Waals surface area contributed by atoms with E-state index in [2.05, 4.69) is 37.5 Å². The summed E-state index contributed by atoms with van der Waals surface area (Å²) in [5.74, 6) is 2.02. The van der Waals surface area contributed by atoms with E-state index in [-0.39, 0.29) is 6.10 Å². The van der Waals surface area contributed by atoms with E-state index in [4.69, 9.17) is 10.5 Å². The molecular weight excluding hydrogens is 454 g/mol. The van der Waals surface area contributed by atoms with Crippen molar-refractivity contribution in [1.29, 1.82) is 0 Å². The van der Waals surface area contributed by atoms with Gasteiger partial charge in [-0.1, -0.05) is 18.2 Å². The molecule has 0 spiro atoms. The number of fused-ring (bicyclic) bond motifs is 1. The molecule has 1 amide bonds. The Bertz CT molecular complexity index is 1110. The predicted octanol–water partition coefficient (Wildman–Crippen LogP) is 3.55. The smallest absolute Gasteiger partial charge is 0.229 e. The van der Waals surface area contributed by atoms with Gasteiger partial charge in [-0.2, -0.15) is 0 Å². The molecule has 1 aromatic carbocycles. The zero-order valence-corrected chi connectivity index (χ0v) is 21.2. The summed E-state index contributed by atoms with van der Waals surface area (Å²) in [5.41, 5.74) is 7.91. The average Bonchev–Trinajstić information content (AvgIpc) is 2.89. The van der Waals surface area contributed by atoms with Crippen LogP contribution in [0.5, 0.6) is 5.75 Å². The summed E-state index contributed by atoms with van der Waals surface area (Å²) in [6.45, 7) is 4.21. The van der Waals surface area contributed by atoms with Crippen molar-refractivity contribution in [2.75, 3.05) is 25.5 Å². The standard InChI is InChI=1S/C20H23N5O.C7H14N2O/c1-13-5-10-18(22-11-13)24-20-23-12-14-3-2-4-17(19(14)25-20)26-16-8-6-15(21)7-9-16;1-9-4-2-7(3-5-9)8-6-10/h2-5,10-12,15-16H,6-9,21H2,1H3,(H,22,23,24,25);6-7H,2-5H2,1H3,(H,8,10). The van der Waals surface area contributed by atoms with Gasteiger partial charge in [0.2, 0.25) is 12.4 Å². The third-order valence-electron chi connectivity index (χ3n) is 6.76. The van der Waals surface area contributed by atoms with E-state index in [1.807, 2.05) is 49.6 Å². The Morgan fingerprint density at radius 2 is 1.81 bits per heavy atom. The lowest BCUT2D eigenvalue weighted by atomic mass is 9.94. The summed E-state index contributed by atoms with van der Waals surface area (Å²) in [6.07, 6.45) is 10.8. The fourth-order valence-corrected chi connectivity index (χ4v) is 4.50. The number of carbonyl (C=O) groups excluding carboxylic acids is 1. The number of aromatic nitrogens is 3. The van der Waals surface area contributed by atoms with Crippen molar-refractivity contribution < 1.29 is 9.53 Å². The Morgan fingerprint density at radius 3 is 2.50 bits per heavy atom. The van der Waals surface area contributed by atoms with Gasteiger partial charge in [-0.05, 0) is 83.3 Å². The number of hydrogen-bond acceptors (Lipinski definition) is 8. The first kappa shape index (κ1) is 25.8. The molecule has 36 heavy (non-hydrogen) atoms. The first-order chi connectivity index (χ1) is 17.5. The lowest BCUT2D eigenvalue weighted by molar-refractivity contribution is -0.110. The number of amides is 1. The van der Waals surface area contributed by atoms with Crippen molar-refractivity contribution in [2.24, 2.45) is 5.73 Å². The summed E-state index contributed by atoms with van der Waals surface area (Å²) in [7, 11) is 2.11. The molecule has 1 saturated heterocycles. The van der Waals surface area contributed by atoms with Crippen LogP contribution in [0.1, 0.15) is 44.1 Å². The lowest BCUT2D eigenvalue weighted by Gasteiger charge is -2.28. The van der Waals surface area contributed by atoms with E-state index in [1.54, 1.807) is 0 Å². The highest BCUT2D eigenvalue weighted by atomic mass is 16.5. The molecule has 2 aliphatic rings. The van der Waals surface area contributed by atoms with Gasteiger partial charge in [0, 0.05) is 29.9 Å². The minimum atomic E-state index is 0.200. The quantitative estimate of drug-likeness (QED) is 0.448. The average molecular weight is 492 g/mol. The molecule has 9 nitrogen and oxygen atoms in total. The van der Waals surface area contributed by atoms with Crippen LogP contribution in [-0.4, -0.2) is 64.6 Å². The Balaban J connectivity index is 0.000000256. The molecule has 1 aliphatic carbocycles. The Labute approximate surface area is 212 Å². The third kappa shape index (κ3) is 7.35. The molecule has 3 heterocycles. The largest absolute Gasteiger partial charge is 0.488 e. The summed E-state index contributed by atoms with van der Waals surface area (Å²) < 4.78 is 6.25. The minimum absolute atomic E-state index is 0.200. The third-order valence-corrected chi connectivity index (χ3v) is 6.76. The summed E-state index contributed by atoms with van der Waals surface area (Å²) in [4.78, 5) is 25.7. The fraction of sp³-hybridized carbons (Fsp3) is 0.481. The molecule has 9 heteroatoms. The number of benzene rings is 1. The van der Waals surface area contributed by atoms with Crippen LogP contribution in [0.15, 0.2) is 42.7 Å². The Morgan fingerprint density at radius 1 is 1.03 bits per heavy atom. The maximum Gasteiger partial charge on any atom is 0.229 e. The Kier molecular flexibility index (Phi) is 9.02. The van der Waals surface area contributed by atoms with Crippen LogP contribution in [0.25, 0.3) is 10.9 Å². The number of nitrogens with two attached hydrogens (primary N) is 1. The number of nitrogens with one attached hydrogen (secondary N) is 2. The first-order valence-corrected chi connectivity index (χ1v) is 12.8. The number of anilines is 2. The maximum absolute atomic E-state index is 10.0. The van der Waals surface area contributed by atoms with E-state index in [1.165, 1.54) is 0 Å². The van der Waals surface area contributed by atoms with Crippen molar-refractivity contribution in [3.8, 4) is 5.75 Å². The molecule has 5 rings (SSSR count). The fourth-order valence-electron chi connectivity index (χ4n) is 4.50. The molecule has 3 aromatic rings. The van der Waals surface area contributed by atoms with Crippen molar-refractivity contribution >= 4 is 29.1 Å². The monoisotopic (exact) mass is 491 g/mol. The van der Waals surface area contributed by atoms with Gasteiger partial charge in [0.1, 0.15) is 17.1 Å². The molecule has 1 saturated carbocycles. The van der Waals surface area contributed by atoms with Gasteiger partial charge in [0.25, 0.3) is 0 Å². The molecule has 0 radical (unpaired) electrons. The van der Waals surface area contributed by atoms with E-state index >= 15 is 0 Å². The molecule has 2 fully saturated rings. The normalized spacial score (nSPS) is 20.8. The number of carbonyl (C=O) groups is 1. The zero-order chi connectivity index (χ0) is 25.3. The maximum atomic E-state index is 10.0. The van der Waals surface area contributed by atoms with Crippen LogP contribution in [0.4, 0.5) is 11.8 Å². The van der Waals surface area contributed by atoms with Gasteiger partial charge in [-0.25, -0.2) is 15.0 Å². The highest BCUT2D eigenvalue weighted by Crippen LogP contribution is 2.29. The van der Waals surface area contributed by atoms with Crippen molar-refractivity contribution in [3.63, 3.8) is 0 Å². The van der Waals surface area contributed by atoms with Crippen LogP contribution in [0.3, 0.4) is 0 Å². The van der Waals surface area contributed by atoms with E-state index in [0.29, 0.717) is 18.0 Å². The minimum Gasteiger partial charge on any atom is -0.488 e. The highest BCUT2D eigenvalue weighted by molar-refractivity contribution is 5.84. The molecule has 0 bridgehead atoms. The molecule has 2 aromatic heterocycles. The first-order valence-electron chi connectivity index (χ1n) is 12.8. The number of piperidine rings is 1. The zero-order valence-electron chi connectivity index (χ0n) is 21.2. The van der Waals surface area contributed by atoms with Crippen molar-refractivity contribution in [1.82, 2.24) is 25.2 Å². The summed E-state index contributed by atoms with van der Waals surface area (Å²) in [5, 5.41) is 6.91. The molecule has 0 unspecified atom stereocenters. The molecule has 192 valence electrons. The van der Waals surface area contributed by atoms with Crippen LogP contribution < -0.4 is 21.1 Å². The number of ether oxygens (including phenoxy) is 1. The van der Waals surface area contributed by atoms with Gasteiger partial charge in [-0.3, -0.25) is 4.79 Å². The van der Waals surface area contributed by atoms with Crippen molar-refractivity contribution in [3.05, 3.63) is 48.3 Å². The number of likely N-dealkylation sites (tertiary alicyclic amines) is 1. The lowest BCUT2D eigenvalue weighted by Crippen LogP contribution is -2.40. The van der Waals surface area contributed by atoms with Crippen LogP contribution in [-0.2, 0) is 4.79 Å². The second kappa shape index (κ2) is 12.6. The number of nitrogens with zero attached hydrogens (tertiary/aromatic N) is 4. The second-order valence-corrected chi connectivity index (χ2v) is 9.75. The highest BCUT2D eigenvalue weighted by Gasteiger charge is 2.21. The van der Waals surface area contributed by atoms with Crippen molar-refractivity contribution in [2.45, 2.75) is 63.6 Å². The number of para-hydroxylation sites is 1. The van der Waals surface area contributed by atoms with E-state index in [0.717, 1.165) is 86.1 Å². The number of hydrogen-bond donors (Lipinski definition) is 3. The number of aryl methyl sites for hydroxylation is 1. The van der Waals surface area contributed by atoms with Gasteiger partial charge in [0.15, 0.2) is 0 Å². The number of pyridine rings is 1. The summed E-state index contributed by atoms with van der Waals surface area (Å²) >= 11 is 0. The Hall–Kier alpha value is -3.30. The molecular formula is C27H37N7O2. The molecule has 0 atom stereocenters. The van der Waals surface area contributed by atoms with Gasteiger partial charge >= 0.3 is 0 Å². The van der Waals surface area contributed by atoms with Gasteiger partial charge < -0.3 is 26.0 Å². The van der Waals surface area contributed by atoms with Crippen LogP contribution in [0.2, 0.25) is 0 Å². The van der Waals surface area contributed by atoms with E-state index < -0.39 is 0 Å². The molecule has 1 aliphatic heterocycles. The number of rotatable bonds is 6. The van der Waals surface area contributed by atoms with Gasteiger partial charge in [-0.15, -0.1) is 0 Å². The molecule has 4 N–H and O–H groups in total. The second-order valence-electron chi connectivity index (χ2n) is 9.75. The van der Waals surface area contributed by atoms with E-state index in [9.17, 15) is 4.79 Å².